The highest BCUT2D eigenvalue weighted by Crippen LogP contribution is 2.27. The average molecular weight is 465 g/mol. The monoisotopic (exact) mass is 464 g/mol. The summed E-state index contributed by atoms with van der Waals surface area (Å²) in [5.41, 5.74) is 0.891. The Morgan fingerprint density at radius 2 is 1.86 bits per heavy atom. The standard InChI is InChI=1S/C21H22BrFN2O2S/c22-15-9-10-19(18(23)11-15)25-20(26)13-28-17-8-4-7-16(12-17)24-21(27)14-5-2-1-3-6-14/h4,7-12,14H,1-3,5-6,13H2,(H,24,27)(H,25,26). The van der Waals surface area contributed by atoms with Gasteiger partial charge < -0.3 is 10.6 Å². The number of amides is 2. The summed E-state index contributed by atoms with van der Waals surface area (Å²) in [5, 5.41) is 5.56. The third-order valence-corrected chi connectivity index (χ3v) is 6.14. The normalized spacial score (nSPS) is 14.5. The minimum Gasteiger partial charge on any atom is -0.326 e. The van der Waals surface area contributed by atoms with Crippen LogP contribution in [0.3, 0.4) is 0 Å². The molecule has 4 nitrogen and oxygen atoms in total. The van der Waals surface area contributed by atoms with E-state index in [2.05, 4.69) is 26.6 Å². The Morgan fingerprint density at radius 1 is 1.07 bits per heavy atom. The largest absolute Gasteiger partial charge is 0.326 e. The molecule has 7 heteroatoms. The second-order valence-electron chi connectivity index (χ2n) is 6.81. The van der Waals surface area contributed by atoms with E-state index in [0.29, 0.717) is 4.47 Å². The van der Waals surface area contributed by atoms with Crippen molar-refractivity contribution in [3.63, 3.8) is 0 Å². The van der Waals surface area contributed by atoms with Crippen LogP contribution in [0.15, 0.2) is 51.8 Å². The summed E-state index contributed by atoms with van der Waals surface area (Å²) in [6, 6.07) is 11.9. The lowest BCUT2D eigenvalue weighted by atomic mass is 9.88. The molecular formula is C21H22BrFN2O2S. The van der Waals surface area contributed by atoms with Crippen molar-refractivity contribution in [1.29, 1.82) is 0 Å². The van der Waals surface area contributed by atoms with Crippen LogP contribution in [-0.2, 0) is 9.59 Å². The molecule has 0 atom stereocenters. The molecular weight excluding hydrogens is 443 g/mol. The lowest BCUT2D eigenvalue weighted by Crippen LogP contribution is -2.24. The summed E-state index contributed by atoms with van der Waals surface area (Å²) < 4.78 is 14.4. The molecule has 0 aromatic heterocycles. The zero-order valence-electron chi connectivity index (χ0n) is 15.3. The predicted octanol–water partition coefficient (Wildman–Crippen LogP) is 5.84. The second kappa shape index (κ2) is 10.1. The van der Waals surface area contributed by atoms with Crippen molar-refractivity contribution < 1.29 is 14.0 Å². The number of hydrogen-bond donors (Lipinski definition) is 2. The summed E-state index contributed by atoms with van der Waals surface area (Å²) in [6.45, 7) is 0. The van der Waals surface area contributed by atoms with Crippen LogP contribution < -0.4 is 10.6 Å². The highest BCUT2D eigenvalue weighted by molar-refractivity contribution is 9.10. The molecule has 0 heterocycles. The number of benzene rings is 2. The molecule has 0 radical (unpaired) electrons. The third kappa shape index (κ3) is 6.07. The average Bonchev–Trinajstić information content (AvgIpc) is 2.69. The SMILES string of the molecule is O=C(CSc1cccc(NC(=O)C2CCCCC2)c1)Nc1ccc(Br)cc1F. The maximum Gasteiger partial charge on any atom is 0.234 e. The first-order valence-electron chi connectivity index (χ1n) is 9.30. The number of nitrogens with one attached hydrogen (secondary N) is 2. The molecule has 3 rings (SSSR count). The Labute approximate surface area is 176 Å². The van der Waals surface area contributed by atoms with E-state index in [1.165, 1.54) is 30.3 Å². The number of hydrogen-bond acceptors (Lipinski definition) is 3. The van der Waals surface area contributed by atoms with Gasteiger partial charge in [-0.1, -0.05) is 41.3 Å². The molecule has 0 aliphatic heterocycles. The molecule has 2 aromatic rings. The van der Waals surface area contributed by atoms with E-state index in [4.69, 9.17) is 0 Å². The highest BCUT2D eigenvalue weighted by atomic mass is 79.9. The van der Waals surface area contributed by atoms with Gasteiger partial charge in [-0.25, -0.2) is 4.39 Å². The first kappa shape index (κ1) is 20.9. The number of thioether (sulfide) groups is 1. The van der Waals surface area contributed by atoms with Gasteiger partial charge in [0.15, 0.2) is 0 Å². The number of anilines is 2. The molecule has 1 aliphatic carbocycles. The predicted molar refractivity (Wildman–Crippen MR) is 115 cm³/mol. The van der Waals surface area contributed by atoms with Gasteiger partial charge in [0.25, 0.3) is 0 Å². The van der Waals surface area contributed by atoms with Gasteiger partial charge in [-0.2, -0.15) is 0 Å². The molecule has 1 aliphatic rings. The Morgan fingerprint density at radius 3 is 2.61 bits per heavy atom. The zero-order valence-corrected chi connectivity index (χ0v) is 17.7. The fourth-order valence-electron chi connectivity index (χ4n) is 3.20. The van der Waals surface area contributed by atoms with Gasteiger partial charge in [0.1, 0.15) is 5.82 Å². The van der Waals surface area contributed by atoms with Crippen molar-refractivity contribution in [2.75, 3.05) is 16.4 Å². The minimum absolute atomic E-state index is 0.0744. The molecule has 0 spiro atoms. The topological polar surface area (TPSA) is 58.2 Å². The van der Waals surface area contributed by atoms with Crippen molar-refractivity contribution in [2.24, 2.45) is 5.92 Å². The van der Waals surface area contributed by atoms with Gasteiger partial charge in [0, 0.05) is 21.0 Å². The van der Waals surface area contributed by atoms with E-state index < -0.39 is 5.82 Å². The number of carbonyl (C=O) groups is 2. The fraction of sp³-hybridized carbons (Fsp3) is 0.333. The lowest BCUT2D eigenvalue weighted by Gasteiger charge is -2.20. The van der Waals surface area contributed by atoms with Crippen LogP contribution >= 0.6 is 27.7 Å². The summed E-state index contributed by atoms with van der Waals surface area (Å²) in [5.74, 6) is -0.458. The van der Waals surface area contributed by atoms with E-state index in [-0.39, 0.29) is 29.2 Å². The van der Waals surface area contributed by atoms with Crippen LogP contribution in [-0.4, -0.2) is 17.6 Å². The zero-order chi connectivity index (χ0) is 19.9. The maximum atomic E-state index is 13.8. The van der Waals surface area contributed by atoms with E-state index in [9.17, 15) is 14.0 Å². The Hall–Kier alpha value is -1.86. The third-order valence-electron chi connectivity index (χ3n) is 4.65. The first-order valence-corrected chi connectivity index (χ1v) is 11.1. The van der Waals surface area contributed by atoms with Crippen LogP contribution in [0.25, 0.3) is 0 Å². The smallest absolute Gasteiger partial charge is 0.234 e. The molecule has 1 fully saturated rings. The van der Waals surface area contributed by atoms with Crippen molar-refractivity contribution in [3.8, 4) is 0 Å². The summed E-state index contributed by atoms with van der Waals surface area (Å²) in [4.78, 5) is 25.4. The van der Waals surface area contributed by atoms with Crippen molar-refractivity contribution in [2.45, 2.75) is 37.0 Å². The van der Waals surface area contributed by atoms with E-state index in [1.807, 2.05) is 24.3 Å². The summed E-state index contributed by atoms with van der Waals surface area (Å²) in [6.07, 6.45) is 5.34. The number of rotatable bonds is 6. The first-order chi connectivity index (χ1) is 13.5. The highest BCUT2D eigenvalue weighted by Gasteiger charge is 2.21. The Bertz CT molecular complexity index is 856. The van der Waals surface area contributed by atoms with Crippen LogP contribution in [0.5, 0.6) is 0 Å². The molecule has 0 unspecified atom stereocenters. The Kier molecular flexibility index (Phi) is 7.50. The van der Waals surface area contributed by atoms with Gasteiger partial charge in [-0.05, 0) is 49.2 Å². The molecule has 28 heavy (non-hydrogen) atoms. The van der Waals surface area contributed by atoms with Gasteiger partial charge in [-0.15, -0.1) is 11.8 Å². The van der Waals surface area contributed by atoms with Crippen LogP contribution in [0, 0.1) is 11.7 Å². The minimum atomic E-state index is -0.486. The van der Waals surface area contributed by atoms with E-state index in [1.54, 1.807) is 6.07 Å². The lowest BCUT2D eigenvalue weighted by molar-refractivity contribution is -0.120. The van der Waals surface area contributed by atoms with Gasteiger partial charge in [0.05, 0.1) is 11.4 Å². The van der Waals surface area contributed by atoms with Gasteiger partial charge in [0.2, 0.25) is 11.8 Å². The van der Waals surface area contributed by atoms with E-state index >= 15 is 0 Å². The summed E-state index contributed by atoms with van der Waals surface area (Å²) >= 11 is 4.52. The molecule has 2 amide bonds. The molecule has 148 valence electrons. The number of halogens is 2. The van der Waals surface area contributed by atoms with Crippen LogP contribution in [0.1, 0.15) is 32.1 Å². The van der Waals surface area contributed by atoms with Crippen LogP contribution in [0.4, 0.5) is 15.8 Å². The second-order valence-corrected chi connectivity index (χ2v) is 8.78. The molecule has 2 aromatic carbocycles. The molecule has 1 saturated carbocycles. The quantitative estimate of drug-likeness (QED) is 0.528. The summed E-state index contributed by atoms with van der Waals surface area (Å²) in [7, 11) is 0. The van der Waals surface area contributed by atoms with Crippen molar-refractivity contribution >= 4 is 50.9 Å². The Balaban J connectivity index is 1.52. The molecule has 0 saturated heterocycles. The van der Waals surface area contributed by atoms with E-state index in [0.717, 1.165) is 36.3 Å². The molecule has 2 N–H and O–H groups in total. The molecule has 0 bridgehead atoms. The van der Waals surface area contributed by atoms with Gasteiger partial charge >= 0.3 is 0 Å². The number of carbonyl (C=O) groups excluding carboxylic acids is 2. The van der Waals surface area contributed by atoms with Crippen LogP contribution in [0.2, 0.25) is 0 Å². The maximum absolute atomic E-state index is 13.8. The van der Waals surface area contributed by atoms with Crippen molar-refractivity contribution in [3.05, 3.63) is 52.8 Å². The fourth-order valence-corrected chi connectivity index (χ4v) is 4.29. The van der Waals surface area contributed by atoms with Crippen molar-refractivity contribution in [1.82, 2.24) is 0 Å². The van der Waals surface area contributed by atoms with Gasteiger partial charge in [-0.3, -0.25) is 9.59 Å².